The molecule has 0 N–H and O–H groups in total. The quantitative estimate of drug-likeness (QED) is 0.533. The number of ether oxygens (including phenoxy) is 4. The monoisotopic (exact) mass is 487 g/mol. The predicted octanol–water partition coefficient (Wildman–Crippen LogP) is 3.32. The molecule has 2 fully saturated rings. The molecule has 2 aliphatic heterocycles. The molecule has 1 aromatic carbocycles. The molecule has 0 bridgehead atoms. The van der Waals surface area contributed by atoms with Crippen molar-refractivity contribution in [3.05, 3.63) is 18.2 Å². The van der Waals surface area contributed by atoms with Crippen LogP contribution in [0.25, 0.3) is 11.4 Å². The van der Waals surface area contributed by atoms with Crippen LogP contribution >= 0.6 is 0 Å². The molecule has 9 nitrogen and oxygen atoms in total. The van der Waals surface area contributed by atoms with E-state index in [9.17, 15) is 0 Å². The molecule has 9 heteroatoms. The Kier molecular flexibility index (Phi) is 7.59. The third-order valence-corrected chi connectivity index (χ3v) is 7.26. The zero-order valence-electron chi connectivity index (χ0n) is 22.3. The first-order valence-electron chi connectivity index (χ1n) is 12.5. The summed E-state index contributed by atoms with van der Waals surface area (Å²) in [6.07, 6.45) is 1.12. The summed E-state index contributed by atoms with van der Waals surface area (Å²) in [4.78, 5) is 4.65. The van der Waals surface area contributed by atoms with Gasteiger partial charge in [-0.25, -0.2) is 0 Å². The van der Waals surface area contributed by atoms with Gasteiger partial charge in [-0.2, -0.15) is 0 Å². The molecule has 194 valence electrons. The topological polar surface area (TPSA) is 74.1 Å². The van der Waals surface area contributed by atoms with E-state index in [1.807, 2.05) is 18.2 Å². The van der Waals surface area contributed by atoms with Crippen molar-refractivity contribution in [2.75, 3.05) is 65.6 Å². The van der Waals surface area contributed by atoms with Gasteiger partial charge in [0, 0.05) is 45.9 Å². The number of hydrogen-bond donors (Lipinski definition) is 0. The minimum Gasteiger partial charge on any atom is -0.497 e. The largest absolute Gasteiger partial charge is 0.497 e. The second-order valence-electron chi connectivity index (χ2n) is 10.9. The van der Waals surface area contributed by atoms with Crippen molar-refractivity contribution in [3.8, 4) is 22.9 Å². The number of benzene rings is 1. The summed E-state index contributed by atoms with van der Waals surface area (Å²) in [5.41, 5.74) is 0.854. The molecule has 2 saturated heterocycles. The lowest BCUT2D eigenvalue weighted by Crippen LogP contribution is -2.50. The van der Waals surface area contributed by atoms with Gasteiger partial charge in [0.25, 0.3) is 0 Å². The number of methoxy groups -OCH3 is 2. The van der Waals surface area contributed by atoms with Gasteiger partial charge in [-0.15, -0.1) is 10.2 Å². The standard InChI is InChI=1S/C26H41N5O4/c1-25(2)10-14-34-22(25)17-31-23(20-9-8-19(32-6)16-21(20)33-7)27-28-24(31)29(5)11-12-30-13-15-35-26(3,4)18-30/h8-9,16,22H,10-15,17-18H2,1-7H3. The van der Waals surface area contributed by atoms with Gasteiger partial charge in [-0.1, -0.05) is 13.8 Å². The van der Waals surface area contributed by atoms with Gasteiger partial charge < -0.3 is 23.8 Å². The van der Waals surface area contributed by atoms with Crippen LogP contribution in [-0.2, 0) is 16.0 Å². The smallest absolute Gasteiger partial charge is 0.227 e. The van der Waals surface area contributed by atoms with Crippen LogP contribution in [0.4, 0.5) is 5.95 Å². The zero-order valence-corrected chi connectivity index (χ0v) is 22.3. The molecule has 0 spiro atoms. The minimum atomic E-state index is -0.111. The van der Waals surface area contributed by atoms with Crippen molar-refractivity contribution in [1.82, 2.24) is 19.7 Å². The molecule has 1 atom stereocenters. The molecular formula is C26H41N5O4. The van der Waals surface area contributed by atoms with E-state index in [1.165, 1.54) is 0 Å². The average Bonchev–Trinajstić information content (AvgIpc) is 3.39. The van der Waals surface area contributed by atoms with Crippen LogP contribution in [0.2, 0.25) is 0 Å². The maximum absolute atomic E-state index is 6.17. The fourth-order valence-electron chi connectivity index (χ4n) is 4.94. The van der Waals surface area contributed by atoms with E-state index in [4.69, 9.17) is 18.9 Å². The van der Waals surface area contributed by atoms with Gasteiger partial charge in [0.05, 0.1) is 44.6 Å². The van der Waals surface area contributed by atoms with E-state index >= 15 is 0 Å². The molecule has 0 saturated carbocycles. The number of anilines is 1. The summed E-state index contributed by atoms with van der Waals surface area (Å²) in [6.45, 7) is 14.7. The first-order valence-corrected chi connectivity index (χ1v) is 12.5. The molecule has 1 unspecified atom stereocenters. The minimum absolute atomic E-state index is 0.0775. The van der Waals surface area contributed by atoms with Crippen LogP contribution in [0.5, 0.6) is 11.5 Å². The first kappa shape index (κ1) is 25.7. The van der Waals surface area contributed by atoms with Crippen molar-refractivity contribution < 1.29 is 18.9 Å². The van der Waals surface area contributed by atoms with E-state index in [2.05, 4.69) is 59.3 Å². The van der Waals surface area contributed by atoms with Gasteiger partial charge in [0.2, 0.25) is 5.95 Å². The summed E-state index contributed by atoms with van der Waals surface area (Å²) >= 11 is 0. The van der Waals surface area contributed by atoms with Gasteiger partial charge >= 0.3 is 0 Å². The van der Waals surface area contributed by atoms with Crippen LogP contribution in [0.15, 0.2) is 18.2 Å². The SMILES string of the molecule is COc1ccc(-c2nnc(N(C)CCN3CCOC(C)(C)C3)n2CC2OCCC2(C)C)c(OC)c1. The Morgan fingerprint density at radius 1 is 1.11 bits per heavy atom. The number of hydrogen-bond acceptors (Lipinski definition) is 8. The first-order chi connectivity index (χ1) is 16.6. The van der Waals surface area contributed by atoms with Crippen molar-refractivity contribution in [2.24, 2.45) is 5.41 Å². The molecule has 0 aliphatic carbocycles. The third kappa shape index (κ3) is 5.73. The Bertz CT molecular complexity index is 1010. The van der Waals surface area contributed by atoms with Crippen molar-refractivity contribution in [3.63, 3.8) is 0 Å². The molecule has 2 aliphatic rings. The van der Waals surface area contributed by atoms with E-state index < -0.39 is 0 Å². The third-order valence-electron chi connectivity index (χ3n) is 7.26. The summed E-state index contributed by atoms with van der Waals surface area (Å²) in [5, 5.41) is 9.29. The Morgan fingerprint density at radius 3 is 2.57 bits per heavy atom. The Labute approximate surface area is 209 Å². The maximum atomic E-state index is 6.17. The molecule has 3 heterocycles. The van der Waals surface area contributed by atoms with Gasteiger partial charge in [0.15, 0.2) is 5.82 Å². The maximum Gasteiger partial charge on any atom is 0.227 e. The van der Waals surface area contributed by atoms with E-state index in [0.29, 0.717) is 12.3 Å². The predicted molar refractivity (Wildman–Crippen MR) is 136 cm³/mol. The number of nitrogens with zero attached hydrogens (tertiary/aromatic N) is 5. The van der Waals surface area contributed by atoms with Crippen molar-refractivity contribution in [2.45, 2.75) is 52.4 Å². The highest BCUT2D eigenvalue weighted by molar-refractivity contribution is 5.67. The number of morpholine rings is 1. The second-order valence-corrected chi connectivity index (χ2v) is 10.9. The Balaban J connectivity index is 1.62. The lowest BCUT2D eigenvalue weighted by atomic mass is 9.85. The van der Waals surface area contributed by atoms with Crippen LogP contribution in [-0.4, -0.2) is 92.0 Å². The molecule has 35 heavy (non-hydrogen) atoms. The fourth-order valence-corrected chi connectivity index (χ4v) is 4.94. The molecule has 1 aromatic heterocycles. The molecular weight excluding hydrogens is 446 g/mol. The highest BCUT2D eigenvalue weighted by Crippen LogP contribution is 2.38. The van der Waals surface area contributed by atoms with Gasteiger partial charge in [0.1, 0.15) is 11.5 Å². The number of aromatic nitrogens is 3. The van der Waals surface area contributed by atoms with E-state index in [1.54, 1.807) is 14.2 Å². The van der Waals surface area contributed by atoms with Crippen LogP contribution in [0.1, 0.15) is 34.1 Å². The second kappa shape index (κ2) is 10.3. The average molecular weight is 488 g/mol. The Hall–Kier alpha value is -2.36. The fraction of sp³-hybridized carbons (Fsp3) is 0.692. The lowest BCUT2D eigenvalue weighted by Gasteiger charge is -2.38. The van der Waals surface area contributed by atoms with Crippen LogP contribution < -0.4 is 14.4 Å². The summed E-state index contributed by atoms with van der Waals surface area (Å²) in [5.74, 6) is 3.04. The summed E-state index contributed by atoms with van der Waals surface area (Å²) in [6, 6.07) is 5.79. The van der Waals surface area contributed by atoms with E-state index in [-0.39, 0.29) is 17.1 Å². The van der Waals surface area contributed by atoms with Crippen LogP contribution in [0, 0.1) is 5.41 Å². The Morgan fingerprint density at radius 2 is 1.91 bits per heavy atom. The lowest BCUT2D eigenvalue weighted by molar-refractivity contribution is -0.0850. The molecule has 0 amide bonds. The molecule has 0 radical (unpaired) electrons. The molecule has 2 aromatic rings. The number of rotatable bonds is 9. The van der Waals surface area contributed by atoms with Gasteiger partial charge in [-0.3, -0.25) is 9.47 Å². The zero-order chi connectivity index (χ0) is 25.2. The number of likely N-dealkylation sites (N-methyl/N-ethyl adjacent to an activating group) is 1. The van der Waals surface area contributed by atoms with Crippen molar-refractivity contribution >= 4 is 5.95 Å². The summed E-state index contributed by atoms with van der Waals surface area (Å²) < 4.78 is 25.3. The van der Waals surface area contributed by atoms with E-state index in [0.717, 1.165) is 68.9 Å². The highest BCUT2D eigenvalue weighted by Gasteiger charge is 2.37. The highest BCUT2D eigenvalue weighted by atomic mass is 16.5. The van der Waals surface area contributed by atoms with Gasteiger partial charge in [-0.05, 0) is 37.8 Å². The normalized spacial score (nSPS) is 21.7. The molecule has 4 rings (SSSR count). The summed E-state index contributed by atoms with van der Waals surface area (Å²) in [7, 11) is 5.40. The van der Waals surface area contributed by atoms with Crippen LogP contribution in [0.3, 0.4) is 0 Å². The van der Waals surface area contributed by atoms with Crippen molar-refractivity contribution in [1.29, 1.82) is 0 Å².